The highest BCUT2D eigenvalue weighted by molar-refractivity contribution is 6.44. The van der Waals surface area contributed by atoms with Crippen LogP contribution < -0.4 is 10.6 Å². The van der Waals surface area contributed by atoms with E-state index >= 15 is 0 Å². The minimum absolute atomic E-state index is 0.0600. The van der Waals surface area contributed by atoms with E-state index in [2.05, 4.69) is 10.6 Å². The Morgan fingerprint density at radius 2 is 1.54 bits per heavy atom. The third-order valence-electron chi connectivity index (χ3n) is 3.48. The van der Waals surface area contributed by atoms with Crippen LogP contribution in [-0.2, 0) is 4.79 Å². The molecule has 0 spiro atoms. The summed E-state index contributed by atoms with van der Waals surface area (Å²) in [7, 11) is 0. The van der Waals surface area contributed by atoms with Gasteiger partial charge >= 0.3 is 0 Å². The smallest absolute Gasteiger partial charge is 0.243 e. The average molecular weight is 380 g/mol. The molecule has 0 bridgehead atoms. The molecule has 3 rings (SSSR count). The lowest BCUT2D eigenvalue weighted by Crippen LogP contribution is -2.21. The first-order valence-corrected chi connectivity index (χ1v) is 8.33. The molecule has 0 aliphatic carbocycles. The molecule has 0 fully saturated rings. The van der Waals surface area contributed by atoms with E-state index in [1.165, 1.54) is 6.07 Å². The number of fused-ring (bicyclic) bond motifs is 1. The predicted octanol–water partition coefficient (Wildman–Crippen LogP) is 5.85. The van der Waals surface area contributed by atoms with E-state index in [9.17, 15) is 4.79 Å². The molecule has 24 heavy (non-hydrogen) atoms. The first kappa shape index (κ1) is 16.9. The first-order valence-electron chi connectivity index (χ1n) is 7.20. The van der Waals surface area contributed by atoms with Crippen LogP contribution >= 0.6 is 34.8 Å². The third-order valence-corrected chi connectivity index (χ3v) is 4.52. The molecule has 0 heterocycles. The number of anilines is 2. The van der Waals surface area contributed by atoms with Crippen molar-refractivity contribution >= 4 is 62.9 Å². The van der Waals surface area contributed by atoms with Gasteiger partial charge in [0.15, 0.2) is 0 Å². The Labute approximate surface area is 154 Å². The average Bonchev–Trinajstić information content (AvgIpc) is 2.57. The van der Waals surface area contributed by atoms with Gasteiger partial charge in [-0.3, -0.25) is 4.79 Å². The van der Waals surface area contributed by atoms with Crippen LogP contribution in [0.1, 0.15) is 0 Å². The van der Waals surface area contributed by atoms with E-state index in [1.807, 2.05) is 42.5 Å². The number of amides is 1. The van der Waals surface area contributed by atoms with Crippen LogP contribution in [0, 0.1) is 0 Å². The molecule has 1 amide bonds. The molecule has 2 N–H and O–H groups in total. The molecular weight excluding hydrogens is 367 g/mol. The van der Waals surface area contributed by atoms with E-state index in [0.29, 0.717) is 20.8 Å². The van der Waals surface area contributed by atoms with Crippen LogP contribution in [0.2, 0.25) is 15.1 Å². The minimum atomic E-state index is -0.188. The molecule has 3 aromatic rings. The standard InChI is InChI=1S/C18H13Cl3N2O/c19-14-8-16(21)17(9-15(14)20)22-10-18(24)23-13-6-5-11-3-1-2-4-12(11)7-13/h1-9,22H,10H2,(H,23,24). The molecule has 3 nitrogen and oxygen atoms in total. The molecular formula is C18H13Cl3N2O. The minimum Gasteiger partial charge on any atom is -0.375 e. The molecule has 0 aliphatic rings. The molecule has 3 aromatic carbocycles. The summed E-state index contributed by atoms with van der Waals surface area (Å²) in [6, 6.07) is 16.9. The molecule has 0 unspecified atom stereocenters. The maximum Gasteiger partial charge on any atom is 0.243 e. The summed E-state index contributed by atoms with van der Waals surface area (Å²) in [5.74, 6) is -0.188. The van der Waals surface area contributed by atoms with Gasteiger partial charge < -0.3 is 10.6 Å². The van der Waals surface area contributed by atoms with Gasteiger partial charge in [0, 0.05) is 5.69 Å². The van der Waals surface area contributed by atoms with Gasteiger partial charge in [-0.05, 0) is 35.0 Å². The molecule has 0 saturated heterocycles. The fraction of sp³-hybridized carbons (Fsp3) is 0.0556. The predicted molar refractivity (Wildman–Crippen MR) is 103 cm³/mol. The lowest BCUT2D eigenvalue weighted by Gasteiger charge is -2.11. The van der Waals surface area contributed by atoms with Gasteiger partial charge in [-0.15, -0.1) is 0 Å². The van der Waals surface area contributed by atoms with Gasteiger partial charge in [-0.25, -0.2) is 0 Å². The van der Waals surface area contributed by atoms with E-state index in [1.54, 1.807) is 6.07 Å². The summed E-state index contributed by atoms with van der Waals surface area (Å²) < 4.78 is 0. The van der Waals surface area contributed by atoms with E-state index in [4.69, 9.17) is 34.8 Å². The lowest BCUT2D eigenvalue weighted by atomic mass is 10.1. The van der Waals surface area contributed by atoms with Crippen molar-refractivity contribution in [2.75, 3.05) is 17.2 Å². The molecule has 0 radical (unpaired) electrons. The summed E-state index contributed by atoms with van der Waals surface area (Å²) >= 11 is 17.9. The highest BCUT2D eigenvalue weighted by Crippen LogP contribution is 2.32. The van der Waals surface area contributed by atoms with Crippen LogP contribution in [0.4, 0.5) is 11.4 Å². The molecule has 0 atom stereocenters. The topological polar surface area (TPSA) is 41.1 Å². The SMILES string of the molecule is O=C(CNc1cc(Cl)c(Cl)cc1Cl)Nc1ccc2ccccc2c1. The second-order valence-electron chi connectivity index (χ2n) is 5.21. The van der Waals surface area contributed by atoms with Crippen molar-refractivity contribution in [2.45, 2.75) is 0 Å². The maximum atomic E-state index is 12.1. The Morgan fingerprint density at radius 1 is 0.833 bits per heavy atom. The van der Waals surface area contributed by atoms with Crippen LogP contribution in [-0.4, -0.2) is 12.5 Å². The number of hydrogen-bond donors (Lipinski definition) is 2. The first-order chi connectivity index (χ1) is 11.5. The Bertz CT molecular complexity index is 912. The Hall–Kier alpha value is -1.94. The normalized spacial score (nSPS) is 10.6. The fourth-order valence-electron chi connectivity index (χ4n) is 2.31. The largest absolute Gasteiger partial charge is 0.375 e. The summed E-state index contributed by atoms with van der Waals surface area (Å²) in [5.41, 5.74) is 1.29. The van der Waals surface area contributed by atoms with Gasteiger partial charge in [0.2, 0.25) is 5.91 Å². The number of benzene rings is 3. The van der Waals surface area contributed by atoms with Crippen molar-refractivity contribution in [3.05, 3.63) is 69.7 Å². The van der Waals surface area contributed by atoms with Crippen molar-refractivity contribution in [1.82, 2.24) is 0 Å². The zero-order valence-corrected chi connectivity index (χ0v) is 14.7. The Kier molecular flexibility index (Phi) is 5.14. The number of carbonyl (C=O) groups is 1. The van der Waals surface area contributed by atoms with Gasteiger partial charge in [-0.1, -0.05) is 65.1 Å². The third kappa shape index (κ3) is 3.93. The van der Waals surface area contributed by atoms with Crippen LogP contribution in [0.25, 0.3) is 10.8 Å². The number of halogens is 3. The van der Waals surface area contributed by atoms with E-state index < -0.39 is 0 Å². The summed E-state index contributed by atoms with van der Waals surface area (Å²) in [6.07, 6.45) is 0. The summed E-state index contributed by atoms with van der Waals surface area (Å²) in [4.78, 5) is 12.1. The van der Waals surface area contributed by atoms with Crippen molar-refractivity contribution in [3.8, 4) is 0 Å². The lowest BCUT2D eigenvalue weighted by molar-refractivity contribution is -0.114. The monoisotopic (exact) mass is 378 g/mol. The number of carbonyl (C=O) groups excluding carboxylic acids is 1. The summed E-state index contributed by atoms with van der Waals surface area (Å²) in [5, 5.41) is 9.13. The molecule has 0 aliphatic heterocycles. The Balaban J connectivity index is 1.66. The maximum absolute atomic E-state index is 12.1. The zero-order chi connectivity index (χ0) is 17.1. The van der Waals surface area contributed by atoms with Crippen molar-refractivity contribution in [3.63, 3.8) is 0 Å². The number of nitrogens with one attached hydrogen (secondary N) is 2. The van der Waals surface area contributed by atoms with Gasteiger partial charge in [0.1, 0.15) is 0 Å². The number of rotatable bonds is 4. The van der Waals surface area contributed by atoms with Gasteiger partial charge in [-0.2, -0.15) is 0 Å². The van der Waals surface area contributed by atoms with Crippen molar-refractivity contribution in [1.29, 1.82) is 0 Å². The zero-order valence-electron chi connectivity index (χ0n) is 12.4. The van der Waals surface area contributed by atoms with E-state index in [-0.39, 0.29) is 12.5 Å². The highest BCUT2D eigenvalue weighted by atomic mass is 35.5. The molecule has 0 saturated carbocycles. The van der Waals surface area contributed by atoms with Crippen molar-refractivity contribution in [2.24, 2.45) is 0 Å². The summed E-state index contributed by atoms with van der Waals surface area (Å²) in [6.45, 7) is 0.0600. The fourth-order valence-corrected chi connectivity index (χ4v) is 2.92. The highest BCUT2D eigenvalue weighted by Gasteiger charge is 2.08. The molecule has 0 aromatic heterocycles. The molecule has 122 valence electrons. The van der Waals surface area contributed by atoms with Gasteiger partial charge in [0.05, 0.1) is 27.3 Å². The van der Waals surface area contributed by atoms with Crippen molar-refractivity contribution < 1.29 is 4.79 Å². The van der Waals surface area contributed by atoms with Crippen LogP contribution in [0.3, 0.4) is 0 Å². The van der Waals surface area contributed by atoms with Crippen LogP contribution in [0.5, 0.6) is 0 Å². The second kappa shape index (κ2) is 7.31. The van der Waals surface area contributed by atoms with E-state index in [0.717, 1.165) is 16.5 Å². The van der Waals surface area contributed by atoms with Crippen LogP contribution in [0.15, 0.2) is 54.6 Å². The second-order valence-corrected chi connectivity index (χ2v) is 6.43. The number of hydrogen-bond acceptors (Lipinski definition) is 2. The Morgan fingerprint density at radius 3 is 2.33 bits per heavy atom. The quantitative estimate of drug-likeness (QED) is 0.558. The van der Waals surface area contributed by atoms with Gasteiger partial charge in [0.25, 0.3) is 0 Å². The molecule has 6 heteroatoms.